The molecule has 1 amide bonds. The molecule has 0 bridgehead atoms. The number of para-hydroxylation sites is 1. The third-order valence-electron chi connectivity index (χ3n) is 6.20. The number of methoxy groups -OCH3 is 2. The number of aromatic carboxylic acids is 1. The van der Waals surface area contributed by atoms with Gasteiger partial charge < -0.3 is 24.6 Å². The van der Waals surface area contributed by atoms with Crippen LogP contribution in [-0.4, -0.2) is 62.6 Å². The van der Waals surface area contributed by atoms with Crippen LogP contribution in [-0.2, 0) is 14.8 Å². The molecule has 0 aliphatic heterocycles. The fourth-order valence-electron chi connectivity index (χ4n) is 4.04. The van der Waals surface area contributed by atoms with Crippen LogP contribution >= 0.6 is 0 Å². The molecule has 3 aromatic carbocycles. The summed E-state index contributed by atoms with van der Waals surface area (Å²) in [6.07, 6.45) is 0. The number of ether oxygens (including phenoxy) is 3. The molecule has 13 heteroatoms. The number of carbonyl (C=O) groups excluding carboxylic acids is 1. The Morgan fingerprint density at radius 3 is 2.36 bits per heavy atom. The first-order chi connectivity index (χ1) is 20.1. The number of hydrogen-bond donors (Lipinski definition) is 3. The van der Waals surface area contributed by atoms with E-state index < -0.39 is 21.9 Å². The normalized spacial score (nSPS) is 11.2. The molecule has 0 spiro atoms. The van der Waals surface area contributed by atoms with Crippen LogP contribution < -0.4 is 19.5 Å². The molecule has 4 rings (SSSR count). The van der Waals surface area contributed by atoms with Gasteiger partial charge in [0.05, 0.1) is 25.0 Å². The first-order valence-corrected chi connectivity index (χ1v) is 14.2. The van der Waals surface area contributed by atoms with Crippen molar-refractivity contribution in [3.8, 4) is 23.1 Å². The zero-order chi connectivity index (χ0) is 30.4. The zero-order valence-corrected chi connectivity index (χ0v) is 24.2. The predicted octanol–water partition coefficient (Wildman–Crippen LogP) is 4.17. The molecule has 0 saturated carbocycles. The SMILES string of the molecule is COCCNS(=O)(=O)c1cc(NC(=O)c2ccccc2OC)ccc1Oc1c(C)c(C(=O)O)nn1-c1ccc(C)cc1. The molecule has 220 valence electrons. The first-order valence-electron chi connectivity index (χ1n) is 12.7. The number of rotatable bonds is 12. The summed E-state index contributed by atoms with van der Waals surface area (Å²) in [5.41, 5.74) is 1.84. The van der Waals surface area contributed by atoms with Gasteiger partial charge in [0.15, 0.2) is 5.69 Å². The minimum absolute atomic E-state index is 0.00963. The molecule has 0 aliphatic rings. The smallest absolute Gasteiger partial charge is 0.356 e. The van der Waals surface area contributed by atoms with Crippen molar-refractivity contribution in [2.45, 2.75) is 18.7 Å². The first kappa shape index (κ1) is 30.2. The van der Waals surface area contributed by atoms with Crippen molar-refractivity contribution >= 4 is 27.6 Å². The summed E-state index contributed by atoms with van der Waals surface area (Å²) in [6.45, 7) is 3.50. The molecule has 0 atom stereocenters. The number of nitrogens with zero attached hydrogens (tertiary/aromatic N) is 2. The summed E-state index contributed by atoms with van der Waals surface area (Å²) in [5, 5.41) is 16.6. The van der Waals surface area contributed by atoms with Crippen LogP contribution in [0.15, 0.2) is 71.6 Å². The molecule has 1 aromatic heterocycles. The second kappa shape index (κ2) is 12.9. The molecule has 3 N–H and O–H groups in total. The predicted molar refractivity (Wildman–Crippen MR) is 155 cm³/mol. The standard InChI is InChI=1S/C29H30N4O8S/c1-18-9-12-21(13-10-18)33-28(19(2)26(32-33)29(35)36)41-24-14-11-20(17-25(24)42(37,38)30-15-16-39-3)31-27(34)22-7-5-6-8-23(22)40-4/h5-14,17,30H,15-16H2,1-4H3,(H,31,34)(H,35,36). The topological polar surface area (TPSA) is 158 Å². The maximum atomic E-state index is 13.4. The number of anilines is 1. The van der Waals surface area contributed by atoms with Crippen molar-refractivity contribution in [3.63, 3.8) is 0 Å². The highest BCUT2D eigenvalue weighted by atomic mass is 32.2. The Balaban J connectivity index is 1.79. The van der Waals surface area contributed by atoms with E-state index in [1.54, 1.807) is 36.4 Å². The van der Waals surface area contributed by atoms with Crippen LogP contribution in [0.5, 0.6) is 17.4 Å². The summed E-state index contributed by atoms with van der Waals surface area (Å²) >= 11 is 0. The summed E-state index contributed by atoms with van der Waals surface area (Å²) in [7, 11) is -1.33. The minimum Gasteiger partial charge on any atom is -0.496 e. The Bertz CT molecular complexity index is 1720. The molecule has 0 unspecified atom stereocenters. The van der Waals surface area contributed by atoms with Crippen LogP contribution in [0.3, 0.4) is 0 Å². The fourth-order valence-corrected chi connectivity index (χ4v) is 5.20. The number of amides is 1. The van der Waals surface area contributed by atoms with Gasteiger partial charge in [0.2, 0.25) is 15.9 Å². The lowest BCUT2D eigenvalue weighted by atomic mass is 10.2. The highest BCUT2D eigenvalue weighted by Crippen LogP contribution is 2.35. The van der Waals surface area contributed by atoms with Crippen LogP contribution in [0.2, 0.25) is 0 Å². The molecule has 42 heavy (non-hydrogen) atoms. The summed E-state index contributed by atoms with van der Waals surface area (Å²) < 4.78 is 46.9. The van der Waals surface area contributed by atoms with E-state index in [2.05, 4.69) is 15.1 Å². The van der Waals surface area contributed by atoms with Gasteiger partial charge in [-0.1, -0.05) is 29.8 Å². The van der Waals surface area contributed by atoms with Crippen molar-refractivity contribution in [3.05, 3.63) is 89.1 Å². The minimum atomic E-state index is -4.20. The van der Waals surface area contributed by atoms with E-state index in [0.29, 0.717) is 11.4 Å². The Kier molecular flexibility index (Phi) is 9.25. The lowest BCUT2D eigenvalue weighted by Crippen LogP contribution is -2.27. The van der Waals surface area contributed by atoms with Gasteiger partial charge in [-0.25, -0.2) is 17.9 Å². The Hall–Kier alpha value is -4.72. The van der Waals surface area contributed by atoms with Crippen LogP contribution in [0.25, 0.3) is 5.69 Å². The summed E-state index contributed by atoms with van der Waals surface area (Å²) in [5.74, 6) is -1.56. The number of sulfonamides is 1. The fraction of sp³-hybridized carbons (Fsp3) is 0.207. The van der Waals surface area contributed by atoms with Crippen molar-refractivity contribution < 1.29 is 37.3 Å². The third kappa shape index (κ3) is 6.60. The number of carboxylic acids is 1. The highest BCUT2D eigenvalue weighted by molar-refractivity contribution is 7.89. The van der Waals surface area contributed by atoms with Crippen LogP contribution in [0, 0.1) is 13.8 Å². The number of nitrogens with one attached hydrogen (secondary N) is 2. The van der Waals surface area contributed by atoms with Gasteiger partial charge in [0.25, 0.3) is 5.91 Å². The maximum Gasteiger partial charge on any atom is 0.356 e. The summed E-state index contributed by atoms with van der Waals surface area (Å²) in [6, 6.07) is 17.8. The number of carbonyl (C=O) groups is 2. The maximum absolute atomic E-state index is 13.4. The average Bonchev–Trinajstić information content (AvgIpc) is 3.30. The number of benzene rings is 3. The van der Waals surface area contributed by atoms with Crippen LogP contribution in [0.4, 0.5) is 5.69 Å². The average molecular weight is 595 g/mol. The number of carboxylic acid groups (broad SMARTS) is 1. The second-order valence-corrected chi connectivity index (χ2v) is 10.9. The molecule has 0 aliphatic carbocycles. The van der Waals surface area contributed by atoms with E-state index in [0.717, 1.165) is 5.56 Å². The molecule has 1 heterocycles. The van der Waals surface area contributed by atoms with Gasteiger partial charge in [-0.3, -0.25) is 4.79 Å². The van der Waals surface area contributed by atoms with E-state index >= 15 is 0 Å². The largest absolute Gasteiger partial charge is 0.496 e. The van der Waals surface area contributed by atoms with E-state index in [1.807, 2.05) is 19.1 Å². The van der Waals surface area contributed by atoms with Gasteiger partial charge in [-0.2, -0.15) is 9.78 Å². The molecular formula is C29H30N4O8S. The Labute approximate surface area is 242 Å². The molecule has 12 nitrogen and oxygen atoms in total. The molecule has 4 aromatic rings. The van der Waals surface area contributed by atoms with Crippen molar-refractivity contribution in [1.29, 1.82) is 0 Å². The van der Waals surface area contributed by atoms with Gasteiger partial charge >= 0.3 is 5.97 Å². The van der Waals surface area contributed by atoms with Crippen molar-refractivity contribution in [2.24, 2.45) is 0 Å². The zero-order valence-electron chi connectivity index (χ0n) is 23.4. The van der Waals surface area contributed by atoms with Gasteiger partial charge in [0, 0.05) is 24.9 Å². The van der Waals surface area contributed by atoms with Gasteiger partial charge in [-0.15, -0.1) is 0 Å². The number of aromatic nitrogens is 2. The van der Waals surface area contributed by atoms with Crippen LogP contribution in [0.1, 0.15) is 32.0 Å². The number of aryl methyl sites for hydroxylation is 1. The molecule has 0 radical (unpaired) electrons. The molecule has 0 saturated heterocycles. The highest BCUT2D eigenvalue weighted by Gasteiger charge is 2.26. The lowest BCUT2D eigenvalue weighted by Gasteiger charge is -2.16. The van der Waals surface area contributed by atoms with Gasteiger partial charge in [-0.05, 0) is 56.3 Å². The van der Waals surface area contributed by atoms with Gasteiger partial charge in [0.1, 0.15) is 16.4 Å². The third-order valence-corrected chi connectivity index (χ3v) is 7.68. The van der Waals surface area contributed by atoms with Crippen molar-refractivity contribution in [2.75, 3.05) is 32.7 Å². The Morgan fingerprint density at radius 2 is 1.69 bits per heavy atom. The van der Waals surface area contributed by atoms with E-state index in [1.165, 1.54) is 44.0 Å². The number of hydrogen-bond acceptors (Lipinski definition) is 8. The second-order valence-electron chi connectivity index (χ2n) is 9.14. The monoisotopic (exact) mass is 594 g/mol. The molecule has 0 fully saturated rings. The summed E-state index contributed by atoms with van der Waals surface area (Å²) in [4.78, 5) is 24.6. The Morgan fingerprint density at radius 1 is 0.976 bits per heavy atom. The quantitative estimate of drug-likeness (QED) is 0.205. The lowest BCUT2D eigenvalue weighted by molar-refractivity contribution is 0.0689. The van der Waals surface area contributed by atoms with E-state index in [9.17, 15) is 23.1 Å². The van der Waals surface area contributed by atoms with E-state index in [-0.39, 0.29) is 52.2 Å². The molecular weight excluding hydrogens is 564 g/mol. The van der Waals surface area contributed by atoms with Crippen molar-refractivity contribution in [1.82, 2.24) is 14.5 Å². The van der Waals surface area contributed by atoms with E-state index in [4.69, 9.17) is 14.2 Å².